The standard InChI is InChI=1S/C16H13F2NO/c17-16(18)11-19(15(16)20)14(12-7-3-1-4-8-12)13-9-5-2-6-10-13/h1-10,14H,11H2. The molecule has 0 N–H and O–H groups in total. The summed E-state index contributed by atoms with van der Waals surface area (Å²) >= 11 is 0. The van der Waals surface area contributed by atoms with E-state index >= 15 is 0 Å². The first kappa shape index (κ1) is 12.8. The molecule has 0 spiro atoms. The van der Waals surface area contributed by atoms with Gasteiger partial charge in [-0.3, -0.25) is 4.79 Å². The first-order chi connectivity index (χ1) is 9.59. The van der Waals surface area contributed by atoms with E-state index in [1.807, 2.05) is 60.7 Å². The number of hydrogen-bond donors (Lipinski definition) is 0. The smallest absolute Gasteiger partial charge is 0.320 e. The molecule has 0 aliphatic carbocycles. The summed E-state index contributed by atoms with van der Waals surface area (Å²) in [6, 6.07) is 18.0. The molecule has 0 aromatic heterocycles. The highest BCUT2D eigenvalue weighted by molar-refractivity contribution is 5.90. The number of rotatable bonds is 3. The van der Waals surface area contributed by atoms with Crippen LogP contribution in [0, 0.1) is 0 Å². The normalized spacial score (nSPS) is 17.1. The number of carbonyl (C=O) groups is 1. The molecular weight excluding hydrogens is 260 g/mol. The molecule has 4 heteroatoms. The van der Waals surface area contributed by atoms with Crippen molar-refractivity contribution in [3.8, 4) is 0 Å². The average molecular weight is 273 g/mol. The zero-order valence-electron chi connectivity index (χ0n) is 10.7. The van der Waals surface area contributed by atoms with Crippen molar-refractivity contribution in [1.82, 2.24) is 4.90 Å². The lowest BCUT2D eigenvalue weighted by Crippen LogP contribution is -2.62. The van der Waals surface area contributed by atoms with Gasteiger partial charge in [0.25, 0.3) is 5.91 Å². The quantitative estimate of drug-likeness (QED) is 0.786. The predicted molar refractivity (Wildman–Crippen MR) is 71.4 cm³/mol. The van der Waals surface area contributed by atoms with Crippen LogP contribution in [0.5, 0.6) is 0 Å². The van der Waals surface area contributed by atoms with Crippen molar-refractivity contribution in [2.24, 2.45) is 0 Å². The molecule has 2 aromatic carbocycles. The van der Waals surface area contributed by atoms with Gasteiger partial charge >= 0.3 is 5.92 Å². The predicted octanol–water partition coefficient (Wildman–Crippen LogP) is 3.25. The molecule has 1 aliphatic rings. The Morgan fingerprint density at radius 1 is 0.900 bits per heavy atom. The van der Waals surface area contributed by atoms with E-state index in [9.17, 15) is 13.6 Å². The van der Waals surface area contributed by atoms with Gasteiger partial charge in [0.2, 0.25) is 0 Å². The van der Waals surface area contributed by atoms with Crippen LogP contribution in [0.2, 0.25) is 0 Å². The SMILES string of the molecule is O=C1N(C(c2ccccc2)c2ccccc2)CC1(F)F. The van der Waals surface area contributed by atoms with E-state index in [1.165, 1.54) is 4.90 Å². The third kappa shape index (κ3) is 2.07. The largest absolute Gasteiger partial charge is 0.341 e. The Kier molecular flexibility index (Phi) is 3.01. The zero-order chi connectivity index (χ0) is 14.2. The van der Waals surface area contributed by atoms with E-state index in [-0.39, 0.29) is 0 Å². The van der Waals surface area contributed by atoms with Crippen LogP contribution in [-0.4, -0.2) is 23.3 Å². The number of hydrogen-bond acceptors (Lipinski definition) is 1. The number of benzene rings is 2. The van der Waals surface area contributed by atoms with Crippen molar-refractivity contribution in [2.75, 3.05) is 6.54 Å². The first-order valence-corrected chi connectivity index (χ1v) is 6.38. The summed E-state index contributed by atoms with van der Waals surface area (Å²) in [5.74, 6) is -4.32. The second-order valence-corrected chi connectivity index (χ2v) is 4.86. The van der Waals surface area contributed by atoms with Crippen molar-refractivity contribution in [1.29, 1.82) is 0 Å². The molecule has 102 valence electrons. The molecule has 20 heavy (non-hydrogen) atoms. The molecule has 2 nitrogen and oxygen atoms in total. The highest BCUT2D eigenvalue weighted by Gasteiger charge is 2.56. The maximum atomic E-state index is 13.2. The lowest BCUT2D eigenvalue weighted by Gasteiger charge is -2.43. The molecular formula is C16H13F2NO. The van der Waals surface area contributed by atoms with E-state index in [1.54, 1.807) is 0 Å². The highest BCUT2D eigenvalue weighted by Crippen LogP contribution is 2.39. The topological polar surface area (TPSA) is 20.3 Å². The van der Waals surface area contributed by atoms with Gasteiger partial charge in [-0.1, -0.05) is 60.7 Å². The summed E-state index contributed by atoms with van der Waals surface area (Å²) < 4.78 is 26.4. The minimum absolute atomic E-state index is 0.454. The minimum Gasteiger partial charge on any atom is -0.320 e. The van der Waals surface area contributed by atoms with E-state index in [4.69, 9.17) is 0 Å². The molecule has 1 fully saturated rings. The third-order valence-electron chi connectivity index (χ3n) is 3.48. The van der Waals surface area contributed by atoms with Crippen LogP contribution in [0.4, 0.5) is 8.78 Å². The Bertz CT molecular complexity index is 573. The molecule has 1 amide bonds. The zero-order valence-corrected chi connectivity index (χ0v) is 10.7. The van der Waals surface area contributed by atoms with Crippen LogP contribution in [-0.2, 0) is 4.79 Å². The molecule has 0 atom stereocenters. The summed E-state index contributed by atoms with van der Waals surface area (Å²) in [7, 11) is 0. The van der Waals surface area contributed by atoms with E-state index in [2.05, 4.69) is 0 Å². The van der Waals surface area contributed by atoms with Gasteiger partial charge in [0, 0.05) is 0 Å². The summed E-state index contributed by atoms with van der Waals surface area (Å²) in [4.78, 5) is 12.9. The summed E-state index contributed by atoms with van der Waals surface area (Å²) in [5.41, 5.74) is 1.67. The van der Waals surface area contributed by atoms with Crippen LogP contribution >= 0.6 is 0 Å². The maximum absolute atomic E-state index is 13.2. The number of β-lactam (4-membered cyclic amide) rings is 1. The van der Waals surface area contributed by atoms with Gasteiger partial charge in [-0.05, 0) is 11.1 Å². The highest BCUT2D eigenvalue weighted by atomic mass is 19.3. The Labute approximate surface area is 115 Å². The number of halogens is 2. The maximum Gasteiger partial charge on any atom is 0.341 e. The van der Waals surface area contributed by atoms with Gasteiger partial charge < -0.3 is 4.90 Å². The van der Waals surface area contributed by atoms with Gasteiger partial charge in [-0.25, -0.2) is 0 Å². The van der Waals surface area contributed by atoms with Gasteiger partial charge in [-0.15, -0.1) is 0 Å². The summed E-state index contributed by atoms with van der Waals surface area (Å²) in [6.45, 7) is -0.527. The number of likely N-dealkylation sites (tertiary alicyclic amines) is 1. The fourth-order valence-corrected chi connectivity index (χ4v) is 2.50. The number of alkyl halides is 2. The van der Waals surface area contributed by atoms with E-state index in [0.717, 1.165) is 11.1 Å². The van der Waals surface area contributed by atoms with Gasteiger partial charge in [-0.2, -0.15) is 8.78 Å². The molecule has 2 aromatic rings. The van der Waals surface area contributed by atoms with Gasteiger partial charge in [0.05, 0.1) is 12.6 Å². The van der Waals surface area contributed by atoms with Crippen LogP contribution in [0.25, 0.3) is 0 Å². The fraction of sp³-hybridized carbons (Fsp3) is 0.188. The molecule has 0 radical (unpaired) electrons. The minimum atomic E-state index is -3.22. The first-order valence-electron chi connectivity index (χ1n) is 6.38. The van der Waals surface area contributed by atoms with Crippen LogP contribution in [0.3, 0.4) is 0 Å². The monoisotopic (exact) mass is 273 g/mol. The summed E-state index contributed by atoms with van der Waals surface area (Å²) in [6.07, 6.45) is 0. The molecule has 1 aliphatic heterocycles. The van der Waals surface area contributed by atoms with Crippen molar-refractivity contribution < 1.29 is 13.6 Å². The van der Waals surface area contributed by atoms with Crippen molar-refractivity contribution in [2.45, 2.75) is 12.0 Å². The Morgan fingerprint density at radius 2 is 1.35 bits per heavy atom. The molecule has 0 unspecified atom stereocenters. The molecule has 0 saturated carbocycles. The van der Waals surface area contributed by atoms with Crippen molar-refractivity contribution in [3.05, 3.63) is 71.8 Å². The number of amides is 1. The second kappa shape index (κ2) is 4.71. The Hall–Kier alpha value is -2.23. The van der Waals surface area contributed by atoms with Crippen LogP contribution in [0.1, 0.15) is 17.2 Å². The number of nitrogens with zero attached hydrogens (tertiary/aromatic N) is 1. The van der Waals surface area contributed by atoms with E-state index in [0.29, 0.717) is 0 Å². The lowest BCUT2D eigenvalue weighted by atomic mass is 9.93. The molecule has 1 heterocycles. The molecule has 0 bridgehead atoms. The summed E-state index contributed by atoms with van der Waals surface area (Å²) in [5, 5.41) is 0. The Balaban J connectivity index is 2.00. The van der Waals surface area contributed by atoms with Crippen molar-refractivity contribution >= 4 is 5.91 Å². The van der Waals surface area contributed by atoms with Gasteiger partial charge in [0.1, 0.15) is 0 Å². The van der Waals surface area contributed by atoms with Crippen LogP contribution in [0.15, 0.2) is 60.7 Å². The second-order valence-electron chi connectivity index (χ2n) is 4.86. The molecule has 1 saturated heterocycles. The van der Waals surface area contributed by atoms with Gasteiger partial charge in [0.15, 0.2) is 0 Å². The lowest BCUT2D eigenvalue weighted by molar-refractivity contribution is -0.188. The average Bonchev–Trinajstić information content (AvgIpc) is 2.48. The van der Waals surface area contributed by atoms with Crippen molar-refractivity contribution in [3.63, 3.8) is 0 Å². The van der Waals surface area contributed by atoms with Crippen LogP contribution < -0.4 is 0 Å². The Morgan fingerprint density at radius 3 is 1.70 bits per heavy atom. The molecule has 3 rings (SSSR count). The number of carbonyl (C=O) groups excluding carboxylic acids is 1. The fourth-order valence-electron chi connectivity index (χ4n) is 2.50. The third-order valence-corrected chi connectivity index (χ3v) is 3.48. The van der Waals surface area contributed by atoms with E-state index < -0.39 is 24.4 Å².